The number of rotatable bonds is 5. The fraction of sp³-hybridized carbons (Fsp3) is 0.400. The van der Waals surface area contributed by atoms with E-state index >= 15 is 0 Å². The Kier molecular flexibility index (Phi) is 4.12. The van der Waals surface area contributed by atoms with E-state index < -0.39 is 0 Å². The molecule has 0 radical (unpaired) electrons. The summed E-state index contributed by atoms with van der Waals surface area (Å²) in [5, 5.41) is 0. The molecule has 0 aromatic carbocycles. The molecule has 0 atom stereocenters. The number of thiol groups is 1. The number of likely N-dealkylation sites (N-methyl/N-ethyl adjacent to an activating group) is 1. The molecule has 1 aromatic heterocycles. The molecule has 0 amide bonds. The molecule has 1 rings (SSSR count). The minimum atomic E-state index is 0.739. The zero-order valence-electron chi connectivity index (χ0n) is 7.86. The lowest BCUT2D eigenvalue weighted by Crippen LogP contribution is -2.20. The van der Waals surface area contributed by atoms with Crippen molar-refractivity contribution in [1.82, 2.24) is 4.90 Å². The lowest BCUT2D eigenvalue weighted by molar-refractivity contribution is 0.317. The fourth-order valence-electron chi connectivity index (χ4n) is 1.16. The second-order valence-electron chi connectivity index (χ2n) is 3.16. The van der Waals surface area contributed by atoms with Gasteiger partial charge in [0.2, 0.25) is 0 Å². The van der Waals surface area contributed by atoms with Crippen LogP contribution in [0.5, 0.6) is 0 Å². The summed E-state index contributed by atoms with van der Waals surface area (Å²) in [5.41, 5.74) is 1.12. The molecule has 0 saturated heterocycles. The molecular formula is C10H15NOS. The number of hydrogen-bond acceptors (Lipinski definition) is 3. The zero-order valence-corrected chi connectivity index (χ0v) is 8.76. The van der Waals surface area contributed by atoms with Crippen LogP contribution in [-0.2, 0) is 6.54 Å². The second-order valence-corrected chi connectivity index (χ2v) is 3.48. The van der Waals surface area contributed by atoms with Gasteiger partial charge in [0, 0.05) is 12.3 Å². The Balaban J connectivity index is 2.33. The Morgan fingerprint density at radius 2 is 2.46 bits per heavy atom. The van der Waals surface area contributed by atoms with Crippen LogP contribution in [0.2, 0.25) is 0 Å². The average molecular weight is 197 g/mol. The van der Waals surface area contributed by atoms with E-state index in [1.165, 1.54) is 0 Å². The third-order valence-electron chi connectivity index (χ3n) is 1.72. The van der Waals surface area contributed by atoms with Crippen molar-refractivity contribution >= 4 is 12.6 Å². The maximum absolute atomic E-state index is 5.23. The molecule has 0 saturated carbocycles. The van der Waals surface area contributed by atoms with Gasteiger partial charge >= 0.3 is 0 Å². The van der Waals surface area contributed by atoms with Crippen LogP contribution in [0.3, 0.4) is 0 Å². The standard InChI is InChI=1S/C10H15NOS/c1-9(8-13)6-11(2)7-10-4-3-5-12-10/h3-5,13H,1,6-8H2,2H3. The van der Waals surface area contributed by atoms with Crippen LogP contribution in [0.1, 0.15) is 5.76 Å². The first-order chi connectivity index (χ1) is 6.22. The zero-order chi connectivity index (χ0) is 9.68. The topological polar surface area (TPSA) is 16.4 Å². The van der Waals surface area contributed by atoms with Gasteiger partial charge in [0.1, 0.15) is 5.76 Å². The monoisotopic (exact) mass is 197 g/mol. The van der Waals surface area contributed by atoms with E-state index in [9.17, 15) is 0 Å². The average Bonchev–Trinajstić information content (AvgIpc) is 2.56. The van der Waals surface area contributed by atoms with Gasteiger partial charge in [-0.2, -0.15) is 12.6 Å². The van der Waals surface area contributed by atoms with Gasteiger partial charge < -0.3 is 4.42 Å². The summed E-state index contributed by atoms with van der Waals surface area (Å²) in [6.07, 6.45) is 1.69. The number of nitrogens with zero attached hydrogens (tertiary/aromatic N) is 1. The van der Waals surface area contributed by atoms with Gasteiger partial charge in [0.25, 0.3) is 0 Å². The van der Waals surface area contributed by atoms with Crippen LogP contribution in [0, 0.1) is 0 Å². The van der Waals surface area contributed by atoms with Crippen LogP contribution in [0.15, 0.2) is 35.0 Å². The molecular weight excluding hydrogens is 182 g/mol. The summed E-state index contributed by atoms with van der Waals surface area (Å²) in [5.74, 6) is 1.72. The fourth-order valence-corrected chi connectivity index (χ4v) is 1.26. The van der Waals surface area contributed by atoms with Crippen molar-refractivity contribution < 1.29 is 4.42 Å². The molecule has 0 aliphatic rings. The predicted molar refractivity (Wildman–Crippen MR) is 58.0 cm³/mol. The minimum absolute atomic E-state index is 0.739. The molecule has 0 N–H and O–H groups in total. The Morgan fingerprint density at radius 1 is 1.69 bits per heavy atom. The van der Waals surface area contributed by atoms with E-state index in [0.29, 0.717) is 0 Å². The number of furan rings is 1. The van der Waals surface area contributed by atoms with Crippen LogP contribution < -0.4 is 0 Å². The van der Waals surface area contributed by atoms with Crippen LogP contribution in [0.25, 0.3) is 0 Å². The highest BCUT2D eigenvalue weighted by atomic mass is 32.1. The summed E-state index contributed by atoms with van der Waals surface area (Å²) in [7, 11) is 2.04. The van der Waals surface area contributed by atoms with Crippen molar-refractivity contribution in [1.29, 1.82) is 0 Å². The van der Waals surface area contributed by atoms with E-state index in [1.54, 1.807) is 6.26 Å². The van der Waals surface area contributed by atoms with Crippen LogP contribution in [-0.4, -0.2) is 24.2 Å². The molecule has 1 heterocycles. The SMILES string of the molecule is C=C(CS)CN(C)Cc1ccco1. The van der Waals surface area contributed by atoms with Crippen LogP contribution >= 0.6 is 12.6 Å². The van der Waals surface area contributed by atoms with Crippen molar-refractivity contribution in [2.24, 2.45) is 0 Å². The normalized spacial score (nSPS) is 10.7. The molecule has 13 heavy (non-hydrogen) atoms. The highest BCUT2D eigenvalue weighted by Crippen LogP contribution is 2.05. The van der Waals surface area contributed by atoms with Crippen molar-refractivity contribution in [2.75, 3.05) is 19.3 Å². The highest BCUT2D eigenvalue weighted by Gasteiger charge is 2.02. The Bertz CT molecular complexity index is 256. The molecule has 1 aromatic rings. The molecule has 0 bridgehead atoms. The molecule has 72 valence electrons. The first-order valence-corrected chi connectivity index (χ1v) is 4.84. The maximum atomic E-state index is 5.23. The van der Waals surface area contributed by atoms with Gasteiger partial charge in [-0.05, 0) is 19.2 Å². The Hall–Kier alpha value is -0.670. The van der Waals surface area contributed by atoms with E-state index in [0.717, 1.165) is 30.2 Å². The third kappa shape index (κ3) is 3.70. The van der Waals surface area contributed by atoms with Gasteiger partial charge in [-0.1, -0.05) is 12.2 Å². The van der Waals surface area contributed by atoms with Gasteiger partial charge in [-0.25, -0.2) is 0 Å². The first kappa shape index (κ1) is 10.4. The third-order valence-corrected chi connectivity index (χ3v) is 2.17. The highest BCUT2D eigenvalue weighted by molar-refractivity contribution is 7.80. The molecule has 0 fully saturated rings. The molecule has 2 nitrogen and oxygen atoms in total. The van der Waals surface area contributed by atoms with Gasteiger partial charge in [0.05, 0.1) is 12.8 Å². The van der Waals surface area contributed by atoms with Gasteiger partial charge in [0.15, 0.2) is 0 Å². The van der Waals surface area contributed by atoms with E-state index in [2.05, 4.69) is 24.1 Å². The Labute approximate surface area is 84.6 Å². The molecule has 0 aliphatic carbocycles. The maximum Gasteiger partial charge on any atom is 0.117 e. The molecule has 0 unspecified atom stereocenters. The molecule has 0 aliphatic heterocycles. The summed E-state index contributed by atoms with van der Waals surface area (Å²) in [4.78, 5) is 2.15. The summed E-state index contributed by atoms with van der Waals surface area (Å²) < 4.78 is 5.23. The van der Waals surface area contributed by atoms with E-state index in [-0.39, 0.29) is 0 Å². The van der Waals surface area contributed by atoms with E-state index in [1.807, 2.05) is 19.2 Å². The summed E-state index contributed by atoms with van der Waals surface area (Å²) >= 11 is 4.15. The lowest BCUT2D eigenvalue weighted by Gasteiger charge is -2.15. The minimum Gasteiger partial charge on any atom is -0.468 e. The smallest absolute Gasteiger partial charge is 0.117 e. The van der Waals surface area contributed by atoms with Crippen molar-refractivity contribution in [3.05, 3.63) is 36.3 Å². The van der Waals surface area contributed by atoms with Gasteiger partial charge in [-0.15, -0.1) is 0 Å². The summed E-state index contributed by atoms with van der Waals surface area (Å²) in [6.45, 7) is 5.58. The quantitative estimate of drug-likeness (QED) is 0.575. The molecule has 0 spiro atoms. The summed E-state index contributed by atoms with van der Waals surface area (Å²) in [6, 6.07) is 3.87. The van der Waals surface area contributed by atoms with Crippen molar-refractivity contribution in [3.8, 4) is 0 Å². The van der Waals surface area contributed by atoms with Crippen molar-refractivity contribution in [3.63, 3.8) is 0 Å². The van der Waals surface area contributed by atoms with Crippen molar-refractivity contribution in [2.45, 2.75) is 6.54 Å². The van der Waals surface area contributed by atoms with E-state index in [4.69, 9.17) is 4.42 Å². The predicted octanol–water partition coefficient (Wildman–Crippen LogP) is 2.20. The largest absolute Gasteiger partial charge is 0.468 e. The molecule has 3 heteroatoms. The van der Waals surface area contributed by atoms with Crippen LogP contribution in [0.4, 0.5) is 0 Å². The van der Waals surface area contributed by atoms with Gasteiger partial charge in [-0.3, -0.25) is 4.90 Å². The Morgan fingerprint density at radius 3 is 3.00 bits per heavy atom. The number of hydrogen-bond donors (Lipinski definition) is 1. The first-order valence-electron chi connectivity index (χ1n) is 4.21. The lowest BCUT2D eigenvalue weighted by atomic mass is 10.3. The second kappa shape index (κ2) is 5.14.